The molecule has 4 N–H and O–H groups in total. The van der Waals surface area contributed by atoms with Gasteiger partial charge in [0.15, 0.2) is 0 Å². The first kappa shape index (κ1) is 20.5. The topological polar surface area (TPSA) is 90.2 Å². The minimum Gasteiger partial charge on any atom is -0.384 e. The lowest BCUT2D eigenvalue weighted by molar-refractivity contribution is -0.137. The number of hydrogen-bond donors (Lipinski definition) is 2. The average Bonchev–Trinajstić information content (AvgIpc) is 3.27. The van der Waals surface area contributed by atoms with Crippen LogP contribution in [0, 0.1) is 5.41 Å². The SMILES string of the molecule is C=CC(=O)N1CCC2(CC(n3nc(-c4ccc(C(F)(F)F)cc4)c(CN)c3N)C2)C1. The van der Waals surface area contributed by atoms with Crippen LogP contribution in [0.4, 0.5) is 19.0 Å². The van der Waals surface area contributed by atoms with E-state index >= 15 is 0 Å². The molecular weight excluding hydrogens is 395 g/mol. The molecule has 2 heterocycles. The van der Waals surface area contributed by atoms with E-state index in [9.17, 15) is 18.0 Å². The van der Waals surface area contributed by atoms with Gasteiger partial charge >= 0.3 is 6.18 Å². The summed E-state index contributed by atoms with van der Waals surface area (Å²) in [6.45, 7) is 5.10. The van der Waals surface area contributed by atoms with Crippen molar-refractivity contribution in [3.8, 4) is 11.3 Å². The Morgan fingerprint density at radius 2 is 1.97 bits per heavy atom. The number of nitrogen functional groups attached to an aromatic ring is 1. The van der Waals surface area contributed by atoms with Crippen molar-refractivity contribution in [3.05, 3.63) is 48.0 Å². The minimum atomic E-state index is -4.39. The molecule has 1 aromatic carbocycles. The van der Waals surface area contributed by atoms with Crippen LogP contribution in [0.1, 0.15) is 36.4 Å². The summed E-state index contributed by atoms with van der Waals surface area (Å²) in [5.41, 5.74) is 13.2. The van der Waals surface area contributed by atoms with Crippen molar-refractivity contribution in [2.24, 2.45) is 11.1 Å². The Hall–Kier alpha value is -2.81. The first-order chi connectivity index (χ1) is 14.2. The number of carbonyl (C=O) groups is 1. The van der Waals surface area contributed by atoms with Crippen molar-refractivity contribution in [2.45, 2.75) is 38.0 Å². The maximum atomic E-state index is 12.9. The van der Waals surface area contributed by atoms with Crippen LogP contribution in [-0.4, -0.2) is 33.7 Å². The van der Waals surface area contributed by atoms with Crippen molar-refractivity contribution >= 4 is 11.7 Å². The third kappa shape index (κ3) is 3.36. The highest BCUT2D eigenvalue weighted by Gasteiger charge is 2.50. The number of hydrogen-bond acceptors (Lipinski definition) is 4. The van der Waals surface area contributed by atoms with Gasteiger partial charge in [-0.1, -0.05) is 18.7 Å². The molecule has 30 heavy (non-hydrogen) atoms. The Kier molecular flexibility index (Phi) is 4.88. The van der Waals surface area contributed by atoms with Crippen LogP contribution in [0.15, 0.2) is 36.9 Å². The van der Waals surface area contributed by atoms with Crippen molar-refractivity contribution in [1.82, 2.24) is 14.7 Å². The van der Waals surface area contributed by atoms with E-state index in [1.807, 2.05) is 4.90 Å². The smallest absolute Gasteiger partial charge is 0.384 e. The van der Waals surface area contributed by atoms with E-state index in [0.717, 1.165) is 37.9 Å². The number of alkyl halides is 3. The molecule has 1 aromatic heterocycles. The Balaban J connectivity index is 1.55. The van der Waals surface area contributed by atoms with E-state index in [2.05, 4.69) is 11.7 Å². The number of anilines is 1. The normalized spacial score (nSPS) is 23.6. The standard InChI is InChI=1S/C21H24F3N5O/c1-2-17(30)28-8-7-20(12-28)9-15(10-20)29-19(26)16(11-25)18(27-29)13-3-5-14(6-4-13)21(22,23)24/h2-6,15H,1,7-12,25-26H2. The predicted molar refractivity (Wildman–Crippen MR) is 107 cm³/mol. The third-order valence-electron chi connectivity index (χ3n) is 6.35. The number of likely N-dealkylation sites (tertiary alicyclic amines) is 1. The quantitative estimate of drug-likeness (QED) is 0.744. The molecule has 1 spiro atoms. The zero-order valence-corrected chi connectivity index (χ0v) is 16.5. The number of benzene rings is 1. The van der Waals surface area contributed by atoms with Gasteiger partial charge in [0.1, 0.15) is 5.82 Å². The van der Waals surface area contributed by atoms with Crippen LogP contribution in [0.2, 0.25) is 0 Å². The van der Waals surface area contributed by atoms with E-state index in [1.165, 1.54) is 18.2 Å². The van der Waals surface area contributed by atoms with Gasteiger partial charge in [-0.05, 0) is 42.9 Å². The Morgan fingerprint density at radius 3 is 2.53 bits per heavy atom. The second-order valence-corrected chi connectivity index (χ2v) is 8.21. The van der Waals surface area contributed by atoms with Gasteiger partial charge < -0.3 is 16.4 Å². The molecule has 2 fully saturated rings. The van der Waals surface area contributed by atoms with E-state index in [4.69, 9.17) is 11.5 Å². The second-order valence-electron chi connectivity index (χ2n) is 8.21. The largest absolute Gasteiger partial charge is 0.416 e. The van der Waals surface area contributed by atoms with Crippen LogP contribution in [0.25, 0.3) is 11.3 Å². The number of halogens is 3. The first-order valence-corrected chi connectivity index (χ1v) is 9.83. The fourth-order valence-corrected chi connectivity index (χ4v) is 4.71. The molecule has 1 aliphatic heterocycles. The van der Waals surface area contributed by atoms with Crippen molar-refractivity contribution in [1.29, 1.82) is 0 Å². The highest BCUT2D eigenvalue weighted by Crippen LogP contribution is 2.54. The fraction of sp³-hybridized carbons (Fsp3) is 0.429. The number of amides is 1. The van der Waals surface area contributed by atoms with Crippen LogP contribution in [-0.2, 0) is 17.5 Å². The molecule has 0 bridgehead atoms. The Labute approximate surface area is 172 Å². The summed E-state index contributed by atoms with van der Waals surface area (Å²) >= 11 is 0. The van der Waals surface area contributed by atoms with Gasteiger partial charge in [0.05, 0.1) is 17.3 Å². The minimum absolute atomic E-state index is 0.0519. The highest BCUT2D eigenvalue weighted by molar-refractivity contribution is 5.87. The number of nitrogens with zero attached hydrogens (tertiary/aromatic N) is 3. The lowest BCUT2D eigenvalue weighted by Gasteiger charge is -2.45. The van der Waals surface area contributed by atoms with Crippen LogP contribution >= 0.6 is 0 Å². The van der Waals surface area contributed by atoms with E-state index in [1.54, 1.807) is 4.68 Å². The van der Waals surface area contributed by atoms with Gasteiger partial charge in [-0.15, -0.1) is 0 Å². The van der Waals surface area contributed by atoms with Crippen LogP contribution < -0.4 is 11.5 Å². The summed E-state index contributed by atoms with van der Waals surface area (Å²) in [5, 5.41) is 4.62. The predicted octanol–water partition coefficient (Wildman–Crippen LogP) is 3.35. The summed E-state index contributed by atoms with van der Waals surface area (Å²) in [5.74, 6) is 0.396. The van der Waals surface area contributed by atoms with Gasteiger partial charge in [0.2, 0.25) is 5.91 Å². The molecule has 0 radical (unpaired) electrons. The van der Waals surface area contributed by atoms with Gasteiger partial charge in [0.25, 0.3) is 0 Å². The summed E-state index contributed by atoms with van der Waals surface area (Å²) < 4.78 is 40.3. The van der Waals surface area contributed by atoms with E-state index in [-0.39, 0.29) is 23.9 Å². The second kappa shape index (κ2) is 7.16. The maximum absolute atomic E-state index is 12.9. The van der Waals surface area contributed by atoms with Crippen molar-refractivity contribution in [2.75, 3.05) is 18.8 Å². The molecular formula is C21H24F3N5O. The van der Waals surface area contributed by atoms with Gasteiger partial charge in [-0.2, -0.15) is 18.3 Å². The number of rotatable bonds is 4. The number of carbonyl (C=O) groups excluding carboxylic acids is 1. The molecule has 160 valence electrons. The van der Waals surface area contributed by atoms with Crippen molar-refractivity contribution in [3.63, 3.8) is 0 Å². The number of aromatic nitrogens is 2. The highest BCUT2D eigenvalue weighted by atomic mass is 19.4. The fourth-order valence-electron chi connectivity index (χ4n) is 4.71. The first-order valence-electron chi connectivity index (χ1n) is 9.83. The lowest BCUT2D eigenvalue weighted by atomic mass is 9.65. The summed E-state index contributed by atoms with van der Waals surface area (Å²) in [4.78, 5) is 13.7. The van der Waals surface area contributed by atoms with Crippen molar-refractivity contribution < 1.29 is 18.0 Å². The molecule has 0 atom stereocenters. The van der Waals surface area contributed by atoms with E-state index < -0.39 is 11.7 Å². The monoisotopic (exact) mass is 419 g/mol. The zero-order chi connectivity index (χ0) is 21.7. The molecule has 1 amide bonds. The summed E-state index contributed by atoms with van der Waals surface area (Å²) in [6, 6.07) is 4.94. The molecule has 2 aromatic rings. The van der Waals surface area contributed by atoms with Gasteiger partial charge in [0, 0.05) is 30.8 Å². The van der Waals surface area contributed by atoms with E-state index in [0.29, 0.717) is 29.2 Å². The molecule has 1 aliphatic carbocycles. The average molecular weight is 419 g/mol. The lowest BCUT2D eigenvalue weighted by Crippen LogP contribution is -2.42. The van der Waals surface area contributed by atoms with Crippen LogP contribution in [0.3, 0.4) is 0 Å². The van der Waals surface area contributed by atoms with Gasteiger partial charge in [-0.3, -0.25) is 4.79 Å². The van der Waals surface area contributed by atoms with Crippen LogP contribution in [0.5, 0.6) is 0 Å². The molecule has 2 aliphatic rings. The van der Waals surface area contributed by atoms with Gasteiger partial charge in [-0.25, -0.2) is 4.68 Å². The molecule has 6 nitrogen and oxygen atoms in total. The maximum Gasteiger partial charge on any atom is 0.416 e. The molecule has 1 saturated carbocycles. The Bertz CT molecular complexity index is 974. The summed E-state index contributed by atoms with van der Waals surface area (Å²) in [6.07, 6.45) is -0.438. The Morgan fingerprint density at radius 1 is 1.30 bits per heavy atom. The third-order valence-corrected chi connectivity index (χ3v) is 6.35. The summed E-state index contributed by atoms with van der Waals surface area (Å²) in [7, 11) is 0. The molecule has 9 heteroatoms. The number of nitrogens with two attached hydrogens (primary N) is 2. The molecule has 0 unspecified atom stereocenters. The molecule has 1 saturated heterocycles. The zero-order valence-electron chi connectivity index (χ0n) is 16.5. The molecule has 4 rings (SSSR count).